The molecule has 7 heteroatoms. The van der Waals surface area contributed by atoms with Crippen LogP contribution in [0.3, 0.4) is 0 Å². The third kappa shape index (κ3) is 10.3. The lowest BCUT2D eigenvalue weighted by molar-refractivity contribution is 0.0702. The minimum atomic E-state index is 0.155. The first-order chi connectivity index (χ1) is 8.74. The Morgan fingerprint density at radius 3 is 2.61 bits per heavy atom. The molecule has 0 radical (unpaired) electrons. The number of methoxy groups -OCH3 is 2. The number of hydrazine groups is 1. The van der Waals surface area contributed by atoms with Gasteiger partial charge in [0, 0.05) is 33.4 Å². The van der Waals surface area contributed by atoms with E-state index in [4.69, 9.17) is 20.1 Å². The van der Waals surface area contributed by atoms with Gasteiger partial charge in [0.15, 0.2) is 0 Å². The third-order valence-electron chi connectivity index (χ3n) is 2.09. The quantitative estimate of drug-likeness (QED) is 0.161. The molecule has 7 nitrogen and oxygen atoms in total. The van der Waals surface area contributed by atoms with Crippen molar-refractivity contribution in [3.8, 4) is 0 Å². The molecule has 1 atom stereocenters. The van der Waals surface area contributed by atoms with Gasteiger partial charge in [0.2, 0.25) is 5.96 Å². The molecule has 0 saturated heterocycles. The van der Waals surface area contributed by atoms with E-state index in [0.717, 1.165) is 6.42 Å². The van der Waals surface area contributed by atoms with Crippen molar-refractivity contribution in [3.63, 3.8) is 0 Å². The van der Waals surface area contributed by atoms with Gasteiger partial charge < -0.3 is 19.5 Å². The topological polar surface area (TPSA) is 90.1 Å². The van der Waals surface area contributed by atoms with E-state index in [1.54, 1.807) is 14.2 Å². The molecule has 0 aromatic carbocycles. The van der Waals surface area contributed by atoms with Crippen LogP contribution in [0.5, 0.6) is 0 Å². The Morgan fingerprint density at radius 2 is 2.00 bits per heavy atom. The predicted molar refractivity (Wildman–Crippen MR) is 71.4 cm³/mol. The number of rotatable bonds is 10. The first-order valence-electron chi connectivity index (χ1n) is 6.07. The van der Waals surface area contributed by atoms with Crippen molar-refractivity contribution in [1.82, 2.24) is 10.7 Å². The van der Waals surface area contributed by atoms with Crippen molar-refractivity contribution in [2.75, 3.05) is 47.2 Å². The lowest BCUT2D eigenvalue weighted by atomic mass is 10.4. The Balaban J connectivity index is 3.64. The van der Waals surface area contributed by atoms with Gasteiger partial charge in [-0.25, -0.2) is 5.84 Å². The largest absolute Gasteiger partial charge is 0.383 e. The number of ether oxygens (including phenoxy) is 3. The van der Waals surface area contributed by atoms with Crippen LogP contribution in [-0.4, -0.2) is 59.2 Å². The summed E-state index contributed by atoms with van der Waals surface area (Å²) in [6.45, 7) is 5.14. The SMILES string of the molecule is COCCOCCCN=C(NN)NC(C)COC. The number of nitrogens with one attached hydrogen (secondary N) is 2. The molecule has 0 heterocycles. The first kappa shape index (κ1) is 17.1. The van der Waals surface area contributed by atoms with Crippen LogP contribution in [0.15, 0.2) is 4.99 Å². The van der Waals surface area contributed by atoms with Gasteiger partial charge in [0.1, 0.15) is 0 Å². The summed E-state index contributed by atoms with van der Waals surface area (Å²) >= 11 is 0. The Labute approximate surface area is 109 Å². The van der Waals surface area contributed by atoms with Gasteiger partial charge >= 0.3 is 0 Å². The van der Waals surface area contributed by atoms with Crippen molar-refractivity contribution in [3.05, 3.63) is 0 Å². The summed E-state index contributed by atoms with van der Waals surface area (Å²) in [5.41, 5.74) is 2.53. The third-order valence-corrected chi connectivity index (χ3v) is 2.09. The van der Waals surface area contributed by atoms with Gasteiger partial charge in [-0.2, -0.15) is 0 Å². The van der Waals surface area contributed by atoms with Crippen LogP contribution in [0.4, 0.5) is 0 Å². The summed E-state index contributed by atoms with van der Waals surface area (Å²) in [5.74, 6) is 5.93. The highest BCUT2D eigenvalue weighted by molar-refractivity contribution is 5.79. The van der Waals surface area contributed by atoms with E-state index >= 15 is 0 Å². The zero-order valence-electron chi connectivity index (χ0n) is 11.6. The molecule has 4 N–H and O–H groups in total. The lowest BCUT2D eigenvalue weighted by Crippen LogP contribution is -2.46. The number of nitrogens with two attached hydrogens (primary N) is 1. The summed E-state index contributed by atoms with van der Waals surface area (Å²) in [7, 11) is 3.31. The summed E-state index contributed by atoms with van der Waals surface area (Å²) in [4.78, 5) is 4.28. The zero-order valence-corrected chi connectivity index (χ0v) is 11.6. The zero-order chi connectivity index (χ0) is 13.6. The second-order valence-electron chi connectivity index (χ2n) is 3.83. The van der Waals surface area contributed by atoms with E-state index < -0.39 is 0 Å². The molecule has 0 amide bonds. The molecule has 0 rings (SSSR count). The van der Waals surface area contributed by atoms with Crippen LogP contribution in [-0.2, 0) is 14.2 Å². The predicted octanol–water partition coefficient (Wildman–Crippen LogP) is -0.517. The van der Waals surface area contributed by atoms with Crippen molar-refractivity contribution in [2.45, 2.75) is 19.4 Å². The second-order valence-corrected chi connectivity index (χ2v) is 3.83. The monoisotopic (exact) mass is 262 g/mol. The Kier molecular flexibility index (Phi) is 11.9. The molecule has 0 saturated carbocycles. The molecule has 0 fully saturated rings. The highest BCUT2D eigenvalue weighted by Gasteiger charge is 2.02. The number of nitrogens with zero attached hydrogens (tertiary/aromatic N) is 1. The maximum atomic E-state index is 5.37. The Hall–Kier alpha value is -0.890. The molecule has 0 aromatic rings. The van der Waals surface area contributed by atoms with Crippen LogP contribution in [0.1, 0.15) is 13.3 Å². The lowest BCUT2D eigenvalue weighted by Gasteiger charge is -2.15. The molecular formula is C11H26N4O3. The van der Waals surface area contributed by atoms with E-state index in [-0.39, 0.29) is 6.04 Å². The van der Waals surface area contributed by atoms with Crippen LogP contribution in [0, 0.1) is 0 Å². The van der Waals surface area contributed by atoms with Crippen LogP contribution in [0.2, 0.25) is 0 Å². The number of guanidine groups is 1. The highest BCUT2D eigenvalue weighted by atomic mass is 16.5. The fourth-order valence-electron chi connectivity index (χ4n) is 1.26. The van der Waals surface area contributed by atoms with Crippen LogP contribution < -0.4 is 16.6 Å². The van der Waals surface area contributed by atoms with Crippen LogP contribution >= 0.6 is 0 Å². The van der Waals surface area contributed by atoms with Gasteiger partial charge in [0.25, 0.3) is 0 Å². The molecule has 0 bridgehead atoms. The summed E-state index contributed by atoms with van der Waals surface area (Å²) in [6.07, 6.45) is 0.842. The smallest absolute Gasteiger partial charge is 0.206 e. The minimum Gasteiger partial charge on any atom is -0.383 e. The maximum absolute atomic E-state index is 5.37. The first-order valence-corrected chi connectivity index (χ1v) is 6.07. The summed E-state index contributed by atoms with van der Waals surface area (Å²) in [5, 5.41) is 3.11. The minimum absolute atomic E-state index is 0.155. The van der Waals surface area contributed by atoms with E-state index in [1.165, 1.54) is 0 Å². The molecule has 0 aliphatic heterocycles. The summed E-state index contributed by atoms with van der Waals surface area (Å²) in [6, 6.07) is 0.155. The van der Waals surface area contributed by atoms with Crippen molar-refractivity contribution < 1.29 is 14.2 Å². The van der Waals surface area contributed by atoms with E-state index in [0.29, 0.717) is 38.9 Å². The molecular weight excluding hydrogens is 236 g/mol. The molecule has 18 heavy (non-hydrogen) atoms. The van der Waals surface area contributed by atoms with Gasteiger partial charge in [-0.15, -0.1) is 0 Å². The average Bonchev–Trinajstić information content (AvgIpc) is 2.36. The molecule has 0 aliphatic rings. The molecule has 0 aliphatic carbocycles. The number of hydrogen-bond donors (Lipinski definition) is 3. The van der Waals surface area contributed by atoms with E-state index in [2.05, 4.69) is 15.7 Å². The van der Waals surface area contributed by atoms with Gasteiger partial charge in [0.05, 0.1) is 19.8 Å². The second kappa shape index (κ2) is 12.6. The number of aliphatic imine (C=N–C) groups is 1. The molecule has 1 unspecified atom stereocenters. The molecule has 0 spiro atoms. The van der Waals surface area contributed by atoms with Gasteiger partial charge in [-0.05, 0) is 13.3 Å². The molecule has 108 valence electrons. The van der Waals surface area contributed by atoms with Crippen molar-refractivity contribution in [2.24, 2.45) is 10.8 Å². The fraction of sp³-hybridized carbons (Fsp3) is 0.909. The maximum Gasteiger partial charge on any atom is 0.206 e. The van der Waals surface area contributed by atoms with Gasteiger partial charge in [-0.1, -0.05) is 0 Å². The normalized spacial score (nSPS) is 13.4. The Bertz CT molecular complexity index is 214. The average molecular weight is 262 g/mol. The van der Waals surface area contributed by atoms with E-state index in [1.807, 2.05) is 6.92 Å². The van der Waals surface area contributed by atoms with Gasteiger partial charge in [-0.3, -0.25) is 10.4 Å². The molecule has 0 aromatic heterocycles. The van der Waals surface area contributed by atoms with Crippen molar-refractivity contribution in [1.29, 1.82) is 0 Å². The number of hydrogen-bond acceptors (Lipinski definition) is 5. The fourth-order valence-corrected chi connectivity index (χ4v) is 1.26. The standard InChI is InChI=1S/C11H26N4O3/c1-10(9-17-3)14-11(15-12)13-5-4-6-18-8-7-16-2/h10H,4-9,12H2,1-3H3,(H2,13,14,15). The summed E-state index contributed by atoms with van der Waals surface area (Å²) < 4.78 is 15.2. The van der Waals surface area contributed by atoms with Crippen LogP contribution in [0.25, 0.3) is 0 Å². The van der Waals surface area contributed by atoms with E-state index in [9.17, 15) is 0 Å². The Morgan fingerprint density at radius 1 is 1.22 bits per heavy atom. The van der Waals surface area contributed by atoms with Crippen molar-refractivity contribution >= 4 is 5.96 Å². The highest BCUT2D eigenvalue weighted by Crippen LogP contribution is 1.87.